The van der Waals surface area contributed by atoms with Crippen molar-refractivity contribution < 1.29 is 19.0 Å². The summed E-state index contributed by atoms with van der Waals surface area (Å²) in [7, 11) is 6.23. The minimum absolute atomic E-state index is 0.209. The fraction of sp³-hybridized carbons (Fsp3) is 0.545. The maximum Gasteiger partial charge on any atom is 0.356 e. The number of anilines is 1. The first-order valence-corrected chi connectivity index (χ1v) is 5.29. The highest BCUT2D eigenvalue weighted by Gasteiger charge is 2.14. The maximum absolute atomic E-state index is 11.3. The molecule has 1 rings (SSSR count). The standard InChI is InChI=1S/C11H17N3O4/c1-14(6-10(16-2)17-3)9-5-8(11(15)18-4)12-7-13-9/h5,7,10H,6H2,1-4H3. The summed E-state index contributed by atoms with van der Waals surface area (Å²) in [6.07, 6.45) is 0.943. The van der Waals surface area contributed by atoms with E-state index >= 15 is 0 Å². The van der Waals surface area contributed by atoms with Crippen LogP contribution in [0.25, 0.3) is 0 Å². The first-order chi connectivity index (χ1) is 8.62. The van der Waals surface area contributed by atoms with Crippen LogP contribution in [0.1, 0.15) is 10.5 Å². The molecule has 0 saturated carbocycles. The average Bonchev–Trinajstić information content (AvgIpc) is 2.43. The Hall–Kier alpha value is -1.73. The number of likely N-dealkylation sites (N-methyl/N-ethyl adjacent to an activating group) is 1. The molecule has 0 aliphatic carbocycles. The van der Waals surface area contributed by atoms with Gasteiger partial charge in [-0.3, -0.25) is 0 Å². The molecule has 0 fully saturated rings. The number of nitrogens with zero attached hydrogens (tertiary/aromatic N) is 3. The lowest BCUT2D eigenvalue weighted by Gasteiger charge is -2.22. The van der Waals surface area contributed by atoms with Gasteiger partial charge >= 0.3 is 5.97 Å². The first kappa shape index (κ1) is 14.3. The Morgan fingerprint density at radius 2 is 2.00 bits per heavy atom. The third-order valence-electron chi connectivity index (χ3n) is 2.39. The Kier molecular flexibility index (Phi) is 5.47. The van der Waals surface area contributed by atoms with Crippen molar-refractivity contribution in [2.45, 2.75) is 6.29 Å². The molecule has 0 saturated heterocycles. The molecule has 7 nitrogen and oxygen atoms in total. The lowest BCUT2D eigenvalue weighted by Crippen LogP contribution is -2.32. The fourth-order valence-electron chi connectivity index (χ4n) is 1.33. The van der Waals surface area contributed by atoms with Gasteiger partial charge in [-0.25, -0.2) is 14.8 Å². The summed E-state index contributed by atoms with van der Waals surface area (Å²) < 4.78 is 14.8. The number of hydrogen-bond donors (Lipinski definition) is 0. The number of carbonyl (C=O) groups excluding carboxylic acids is 1. The van der Waals surface area contributed by atoms with E-state index in [0.717, 1.165) is 0 Å². The summed E-state index contributed by atoms with van der Waals surface area (Å²) in [6.45, 7) is 0.477. The van der Waals surface area contributed by atoms with Crippen molar-refractivity contribution in [3.8, 4) is 0 Å². The van der Waals surface area contributed by atoms with Gasteiger partial charge in [0, 0.05) is 27.3 Å². The number of rotatable bonds is 6. The smallest absolute Gasteiger partial charge is 0.356 e. The van der Waals surface area contributed by atoms with Crippen molar-refractivity contribution in [1.82, 2.24) is 9.97 Å². The van der Waals surface area contributed by atoms with Gasteiger partial charge < -0.3 is 19.1 Å². The SMILES string of the molecule is COC(=O)c1cc(N(C)CC(OC)OC)ncn1. The molecule has 1 aromatic heterocycles. The van der Waals surface area contributed by atoms with Gasteiger partial charge in [0.25, 0.3) is 0 Å². The molecule has 0 N–H and O–H groups in total. The second-order valence-corrected chi connectivity index (χ2v) is 3.53. The molecule has 0 bridgehead atoms. The predicted octanol–water partition coefficient (Wildman–Crippen LogP) is 0.318. The molecule has 0 unspecified atom stereocenters. The zero-order valence-electron chi connectivity index (χ0n) is 10.9. The molecule has 0 aromatic carbocycles. The third kappa shape index (κ3) is 3.64. The van der Waals surface area contributed by atoms with Crippen molar-refractivity contribution in [3.05, 3.63) is 18.1 Å². The van der Waals surface area contributed by atoms with E-state index in [1.165, 1.54) is 13.4 Å². The van der Waals surface area contributed by atoms with Crippen molar-refractivity contribution >= 4 is 11.8 Å². The van der Waals surface area contributed by atoms with E-state index < -0.39 is 5.97 Å². The zero-order chi connectivity index (χ0) is 13.5. The van der Waals surface area contributed by atoms with E-state index in [0.29, 0.717) is 12.4 Å². The molecule has 0 aliphatic heterocycles. The van der Waals surface area contributed by atoms with Gasteiger partial charge in [-0.2, -0.15) is 0 Å². The second-order valence-electron chi connectivity index (χ2n) is 3.53. The Balaban J connectivity index is 2.79. The molecule has 1 heterocycles. The molecule has 1 aromatic rings. The quantitative estimate of drug-likeness (QED) is 0.535. The molecular formula is C11H17N3O4. The number of carbonyl (C=O) groups is 1. The van der Waals surface area contributed by atoms with Gasteiger partial charge in [0.15, 0.2) is 12.0 Å². The van der Waals surface area contributed by atoms with Crippen LogP contribution < -0.4 is 4.90 Å². The lowest BCUT2D eigenvalue weighted by atomic mass is 10.3. The van der Waals surface area contributed by atoms with Crippen molar-refractivity contribution in [1.29, 1.82) is 0 Å². The monoisotopic (exact) mass is 255 g/mol. The fourth-order valence-corrected chi connectivity index (χ4v) is 1.33. The van der Waals surface area contributed by atoms with E-state index in [1.54, 1.807) is 25.2 Å². The first-order valence-electron chi connectivity index (χ1n) is 5.29. The lowest BCUT2D eigenvalue weighted by molar-refractivity contribution is -0.0944. The molecule has 0 atom stereocenters. The van der Waals surface area contributed by atoms with Crippen LogP contribution in [0.5, 0.6) is 0 Å². The molecule has 7 heteroatoms. The highest BCUT2D eigenvalue weighted by Crippen LogP contribution is 2.11. The highest BCUT2D eigenvalue weighted by molar-refractivity contribution is 5.87. The normalized spacial score (nSPS) is 10.5. The number of esters is 1. The van der Waals surface area contributed by atoms with Crippen LogP contribution in [0.15, 0.2) is 12.4 Å². The largest absolute Gasteiger partial charge is 0.464 e. The Bertz CT molecular complexity index is 396. The molecule has 0 amide bonds. The molecule has 0 spiro atoms. The van der Waals surface area contributed by atoms with Gasteiger partial charge in [-0.15, -0.1) is 0 Å². The number of hydrogen-bond acceptors (Lipinski definition) is 7. The van der Waals surface area contributed by atoms with Crippen LogP contribution >= 0.6 is 0 Å². The summed E-state index contributed by atoms with van der Waals surface area (Å²) >= 11 is 0. The Morgan fingerprint density at radius 3 is 2.56 bits per heavy atom. The minimum Gasteiger partial charge on any atom is -0.464 e. The van der Waals surface area contributed by atoms with Crippen LogP contribution in [-0.4, -0.2) is 57.1 Å². The van der Waals surface area contributed by atoms with Gasteiger partial charge in [-0.05, 0) is 0 Å². The van der Waals surface area contributed by atoms with Crippen LogP contribution in [0.2, 0.25) is 0 Å². The molecule has 0 aliphatic rings. The molecule has 0 radical (unpaired) electrons. The molecule has 100 valence electrons. The average molecular weight is 255 g/mol. The van der Waals surface area contributed by atoms with E-state index in [9.17, 15) is 4.79 Å². The van der Waals surface area contributed by atoms with Crippen LogP contribution in [0, 0.1) is 0 Å². The number of aromatic nitrogens is 2. The summed E-state index contributed by atoms with van der Waals surface area (Å²) in [4.78, 5) is 21.1. The second kappa shape index (κ2) is 6.87. The summed E-state index contributed by atoms with van der Waals surface area (Å²) in [5.74, 6) is 0.0894. The summed E-state index contributed by atoms with van der Waals surface area (Å²) in [6, 6.07) is 1.55. The molecular weight excluding hydrogens is 238 g/mol. The third-order valence-corrected chi connectivity index (χ3v) is 2.39. The topological polar surface area (TPSA) is 73.8 Å². The number of methoxy groups -OCH3 is 3. The van der Waals surface area contributed by atoms with Crippen LogP contribution in [0.3, 0.4) is 0 Å². The molecule has 18 heavy (non-hydrogen) atoms. The van der Waals surface area contributed by atoms with Crippen molar-refractivity contribution in [2.24, 2.45) is 0 Å². The van der Waals surface area contributed by atoms with E-state index in [-0.39, 0.29) is 12.0 Å². The van der Waals surface area contributed by atoms with Gasteiger partial charge in [-0.1, -0.05) is 0 Å². The number of ether oxygens (including phenoxy) is 3. The zero-order valence-corrected chi connectivity index (χ0v) is 10.9. The van der Waals surface area contributed by atoms with Crippen LogP contribution in [0.4, 0.5) is 5.82 Å². The summed E-state index contributed by atoms with van der Waals surface area (Å²) in [5, 5.41) is 0. The van der Waals surface area contributed by atoms with Crippen molar-refractivity contribution in [3.63, 3.8) is 0 Å². The van der Waals surface area contributed by atoms with Crippen molar-refractivity contribution in [2.75, 3.05) is 39.8 Å². The van der Waals surface area contributed by atoms with E-state index in [2.05, 4.69) is 14.7 Å². The minimum atomic E-state index is -0.498. The van der Waals surface area contributed by atoms with Gasteiger partial charge in [0.2, 0.25) is 0 Å². The summed E-state index contributed by atoms with van der Waals surface area (Å²) in [5.41, 5.74) is 0.209. The predicted molar refractivity (Wildman–Crippen MR) is 64.4 cm³/mol. The highest BCUT2D eigenvalue weighted by atomic mass is 16.7. The van der Waals surface area contributed by atoms with Crippen LogP contribution in [-0.2, 0) is 14.2 Å². The van der Waals surface area contributed by atoms with Gasteiger partial charge in [0.05, 0.1) is 13.7 Å². The maximum atomic E-state index is 11.3. The van der Waals surface area contributed by atoms with E-state index in [4.69, 9.17) is 9.47 Å². The van der Waals surface area contributed by atoms with Gasteiger partial charge in [0.1, 0.15) is 12.1 Å². The Labute approximate surface area is 106 Å². The Morgan fingerprint density at radius 1 is 1.33 bits per heavy atom. The van der Waals surface area contributed by atoms with E-state index in [1.807, 2.05) is 7.05 Å².